The lowest BCUT2D eigenvalue weighted by Crippen LogP contribution is -2.30. The number of aromatic nitrogens is 2. The van der Waals surface area contributed by atoms with Gasteiger partial charge >= 0.3 is 0 Å². The molecule has 1 amide bonds. The summed E-state index contributed by atoms with van der Waals surface area (Å²) in [6, 6.07) is 9.78. The summed E-state index contributed by atoms with van der Waals surface area (Å²) in [5.41, 5.74) is 3.42. The van der Waals surface area contributed by atoms with E-state index in [2.05, 4.69) is 26.3 Å². The molecule has 2 heterocycles. The minimum Gasteiger partial charge on any atom is -0.353 e. The van der Waals surface area contributed by atoms with Gasteiger partial charge in [0.2, 0.25) is 5.95 Å². The van der Waals surface area contributed by atoms with Gasteiger partial charge in [0.15, 0.2) is 0 Å². The lowest BCUT2D eigenvalue weighted by molar-refractivity contribution is 0.0984. The third-order valence-electron chi connectivity index (χ3n) is 4.05. The average Bonchev–Trinajstić information content (AvgIpc) is 2.97. The second kappa shape index (κ2) is 6.97. The second-order valence-electron chi connectivity index (χ2n) is 6.28. The number of likely N-dealkylation sites (N-methyl/N-ethyl adjacent to an activating group) is 1. The fourth-order valence-electron chi connectivity index (χ4n) is 2.84. The van der Waals surface area contributed by atoms with E-state index in [-0.39, 0.29) is 5.91 Å². The fourth-order valence-corrected chi connectivity index (χ4v) is 2.84. The zero-order chi connectivity index (χ0) is 17.1. The van der Waals surface area contributed by atoms with Crippen LogP contribution in [-0.4, -0.2) is 54.5 Å². The van der Waals surface area contributed by atoms with Crippen molar-refractivity contribution in [1.29, 1.82) is 0 Å². The van der Waals surface area contributed by atoms with Gasteiger partial charge in [-0.25, -0.2) is 9.97 Å². The Morgan fingerprint density at radius 1 is 1.29 bits per heavy atom. The predicted octanol–water partition coefficient (Wildman–Crippen LogP) is 1.96. The number of anilines is 2. The predicted molar refractivity (Wildman–Crippen MR) is 95.6 cm³/mol. The van der Waals surface area contributed by atoms with Gasteiger partial charge in [-0.1, -0.05) is 18.2 Å². The summed E-state index contributed by atoms with van der Waals surface area (Å²) >= 11 is 0. The number of para-hydroxylation sites is 1. The standard InChI is InChI=1S/C18H23N5O/c1-13-12-15(21-18(20-13)19-9-11-22(2)3)17(24)23-10-8-14-6-4-5-7-16(14)23/h4-7,12H,8-11H2,1-3H3,(H,19,20,21). The van der Waals surface area contributed by atoms with Gasteiger partial charge in [-0.3, -0.25) is 4.79 Å². The van der Waals surface area contributed by atoms with Gasteiger partial charge in [-0.2, -0.15) is 0 Å². The van der Waals surface area contributed by atoms with Gasteiger partial charge < -0.3 is 15.1 Å². The molecule has 6 nitrogen and oxygen atoms in total. The molecule has 1 aliphatic heterocycles. The van der Waals surface area contributed by atoms with Gasteiger partial charge in [0.25, 0.3) is 5.91 Å². The van der Waals surface area contributed by atoms with Gasteiger partial charge in [0, 0.05) is 31.0 Å². The van der Waals surface area contributed by atoms with Crippen molar-refractivity contribution in [2.45, 2.75) is 13.3 Å². The van der Waals surface area contributed by atoms with Crippen molar-refractivity contribution in [2.75, 3.05) is 43.9 Å². The number of carbonyl (C=O) groups excluding carboxylic acids is 1. The van der Waals surface area contributed by atoms with Crippen LogP contribution in [-0.2, 0) is 6.42 Å². The van der Waals surface area contributed by atoms with E-state index in [4.69, 9.17) is 0 Å². The topological polar surface area (TPSA) is 61.4 Å². The summed E-state index contributed by atoms with van der Waals surface area (Å²) in [5.74, 6) is 0.439. The molecule has 0 radical (unpaired) electrons. The molecular formula is C18H23N5O. The zero-order valence-corrected chi connectivity index (χ0v) is 14.4. The Morgan fingerprint density at radius 3 is 2.88 bits per heavy atom. The van der Waals surface area contributed by atoms with E-state index in [1.807, 2.05) is 39.2 Å². The molecule has 0 saturated carbocycles. The molecule has 0 fully saturated rings. The summed E-state index contributed by atoms with van der Waals surface area (Å²) in [6.07, 6.45) is 0.889. The van der Waals surface area contributed by atoms with Crippen LogP contribution >= 0.6 is 0 Å². The van der Waals surface area contributed by atoms with Crippen molar-refractivity contribution >= 4 is 17.5 Å². The van der Waals surface area contributed by atoms with E-state index in [0.29, 0.717) is 18.2 Å². The van der Waals surface area contributed by atoms with Crippen LogP contribution in [0.2, 0.25) is 0 Å². The second-order valence-corrected chi connectivity index (χ2v) is 6.28. The molecule has 3 rings (SSSR count). The Kier molecular flexibility index (Phi) is 4.76. The molecule has 1 N–H and O–H groups in total. The highest BCUT2D eigenvalue weighted by molar-refractivity contribution is 6.06. The average molecular weight is 325 g/mol. The van der Waals surface area contributed by atoms with Gasteiger partial charge in [0.1, 0.15) is 5.69 Å². The quantitative estimate of drug-likeness (QED) is 0.910. The van der Waals surface area contributed by atoms with Crippen LogP contribution < -0.4 is 10.2 Å². The van der Waals surface area contributed by atoms with Gasteiger partial charge in [0.05, 0.1) is 0 Å². The molecule has 0 atom stereocenters. The maximum absolute atomic E-state index is 12.9. The molecule has 1 aliphatic rings. The molecule has 24 heavy (non-hydrogen) atoms. The molecule has 2 aromatic rings. The molecule has 0 saturated heterocycles. The summed E-state index contributed by atoms with van der Waals surface area (Å²) in [6.45, 7) is 4.19. The number of fused-ring (bicyclic) bond motifs is 1. The van der Waals surface area contributed by atoms with Crippen LogP contribution in [0, 0.1) is 6.92 Å². The molecule has 6 heteroatoms. The summed E-state index contributed by atoms with van der Waals surface area (Å²) in [5, 5.41) is 3.19. The number of benzene rings is 1. The third kappa shape index (κ3) is 3.54. The number of hydrogen-bond acceptors (Lipinski definition) is 5. The number of carbonyl (C=O) groups is 1. The first kappa shape index (κ1) is 16.4. The van der Waals surface area contributed by atoms with Crippen molar-refractivity contribution in [3.05, 3.63) is 47.3 Å². The molecule has 1 aromatic heterocycles. The van der Waals surface area contributed by atoms with Crippen LogP contribution in [0.1, 0.15) is 21.7 Å². The number of rotatable bonds is 5. The molecule has 1 aromatic carbocycles. The lowest BCUT2D eigenvalue weighted by Gasteiger charge is -2.17. The molecular weight excluding hydrogens is 302 g/mol. The highest BCUT2D eigenvalue weighted by Crippen LogP contribution is 2.28. The fraction of sp³-hybridized carbons (Fsp3) is 0.389. The van der Waals surface area contributed by atoms with E-state index >= 15 is 0 Å². The first-order valence-corrected chi connectivity index (χ1v) is 8.18. The molecule has 126 valence electrons. The van der Waals surface area contributed by atoms with E-state index in [1.54, 1.807) is 11.0 Å². The maximum atomic E-state index is 12.9. The minimum atomic E-state index is -0.0684. The normalized spacial score (nSPS) is 13.2. The van der Waals surface area contributed by atoms with E-state index in [1.165, 1.54) is 5.56 Å². The number of nitrogens with zero attached hydrogens (tertiary/aromatic N) is 4. The van der Waals surface area contributed by atoms with Crippen molar-refractivity contribution in [3.8, 4) is 0 Å². The molecule has 0 bridgehead atoms. The van der Waals surface area contributed by atoms with Crippen LogP contribution in [0.25, 0.3) is 0 Å². The maximum Gasteiger partial charge on any atom is 0.277 e. The smallest absolute Gasteiger partial charge is 0.277 e. The Labute approximate surface area is 142 Å². The lowest BCUT2D eigenvalue weighted by atomic mass is 10.2. The van der Waals surface area contributed by atoms with Crippen LogP contribution in [0.15, 0.2) is 30.3 Å². The van der Waals surface area contributed by atoms with Gasteiger partial charge in [-0.15, -0.1) is 0 Å². The van der Waals surface area contributed by atoms with Crippen molar-refractivity contribution < 1.29 is 4.79 Å². The van der Waals surface area contributed by atoms with Gasteiger partial charge in [-0.05, 0) is 45.1 Å². The van der Waals surface area contributed by atoms with E-state index < -0.39 is 0 Å². The van der Waals surface area contributed by atoms with Crippen molar-refractivity contribution in [2.24, 2.45) is 0 Å². The summed E-state index contributed by atoms with van der Waals surface area (Å²) < 4.78 is 0. The molecule has 0 aliphatic carbocycles. The first-order valence-electron chi connectivity index (χ1n) is 8.18. The zero-order valence-electron chi connectivity index (χ0n) is 14.4. The van der Waals surface area contributed by atoms with Crippen LogP contribution in [0.4, 0.5) is 11.6 Å². The highest BCUT2D eigenvalue weighted by atomic mass is 16.2. The molecule has 0 spiro atoms. The Hall–Kier alpha value is -2.47. The van der Waals surface area contributed by atoms with Crippen molar-refractivity contribution in [1.82, 2.24) is 14.9 Å². The van der Waals surface area contributed by atoms with E-state index in [0.717, 1.165) is 30.9 Å². The monoisotopic (exact) mass is 325 g/mol. The van der Waals surface area contributed by atoms with Crippen molar-refractivity contribution in [3.63, 3.8) is 0 Å². The summed E-state index contributed by atoms with van der Waals surface area (Å²) in [7, 11) is 4.02. The number of nitrogens with one attached hydrogen (secondary N) is 1. The number of aryl methyl sites for hydroxylation is 1. The number of amides is 1. The molecule has 0 unspecified atom stereocenters. The van der Waals surface area contributed by atoms with Crippen LogP contribution in [0.3, 0.4) is 0 Å². The highest BCUT2D eigenvalue weighted by Gasteiger charge is 2.26. The van der Waals surface area contributed by atoms with Crippen LogP contribution in [0.5, 0.6) is 0 Å². The van der Waals surface area contributed by atoms with E-state index in [9.17, 15) is 4.79 Å². The first-order chi connectivity index (χ1) is 11.5. The number of hydrogen-bond donors (Lipinski definition) is 1. The Morgan fingerprint density at radius 2 is 2.08 bits per heavy atom. The largest absolute Gasteiger partial charge is 0.353 e. The third-order valence-corrected chi connectivity index (χ3v) is 4.05. The summed E-state index contributed by atoms with van der Waals surface area (Å²) in [4.78, 5) is 25.6. The minimum absolute atomic E-state index is 0.0684. The SMILES string of the molecule is Cc1cc(C(=O)N2CCc3ccccc32)nc(NCCN(C)C)n1. The Balaban J connectivity index is 1.79. The Bertz CT molecular complexity index is 744.